The Balaban J connectivity index is 2.86. The zero-order chi connectivity index (χ0) is 9.42. The molecule has 0 aromatic carbocycles. The lowest BCUT2D eigenvalue weighted by Crippen LogP contribution is -1.98. The normalized spacial score (nSPS) is 10.6. The fourth-order valence-corrected chi connectivity index (χ4v) is 1.38. The number of aromatic amines is 1. The summed E-state index contributed by atoms with van der Waals surface area (Å²) in [7, 11) is 1.80. The van der Waals surface area contributed by atoms with Gasteiger partial charge in [-0.2, -0.15) is 0 Å². The number of halogens is 1. The van der Waals surface area contributed by atoms with E-state index in [0.29, 0.717) is 11.0 Å². The summed E-state index contributed by atoms with van der Waals surface area (Å²) in [5.74, 6) is 0.685. The molecule has 0 fully saturated rings. The maximum Gasteiger partial charge on any atom is 0.374 e. The molecule has 0 bridgehead atoms. The van der Waals surface area contributed by atoms with Gasteiger partial charge < -0.3 is 4.98 Å². The molecule has 0 saturated carbocycles. The van der Waals surface area contributed by atoms with Gasteiger partial charge in [0.05, 0.1) is 18.9 Å². The van der Waals surface area contributed by atoms with Crippen molar-refractivity contribution in [1.82, 2.24) is 15.2 Å². The first kappa shape index (κ1) is 8.19. The smallest absolute Gasteiger partial charge is 0.354 e. The molecule has 0 radical (unpaired) electrons. The average Bonchev–Trinajstić information content (AvgIpc) is 2.53. The van der Waals surface area contributed by atoms with Gasteiger partial charge in [0, 0.05) is 11.6 Å². The number of aromatic nitrogens is 3. The van der Waals surface area contributed by atoms with Gasteiger partial charge in [-0.15, -0.1) is 0 Å². The van der Waals surface area contributed by atoms with Crippen molar-refractivity contribution in [2.45, 2.75) is 0 Å². The molecule has 2 aromatic rings. The van der Waals surface area contributed by atoms with Gasteiger partial charge in [0.1, 0.15) is 5.52 Å². The Labute approximate surface area is 79.9 Å². The number of hydrogen-bond donors (Lipinski definition) is 1. The van der Waals surface area contributed by atoms with Crippen molar-refractivity contribution in [2.75, 3.05) is 7.05 Å². The minimum absolute atomic E-state index is 0.404. The molecule has 4 nitrogen and oxygen atoms in total. The number of hydrogen-bond acceptors (Lipinski definition) is 2. The van der Waals surface area contributed by atoms with Gasteiger partial charge in [0.15, 0.2) is 5.15 Å². The molecule has 5 heteroatoms. The van der Waals surface area contributed by atoms with E-state index in [1.807, 2.05) is 6.07 Å². The molecule has 0 amide bonds. The Bertz CT molecular complexity index is 474. The zero-order valence-corrected chi connectivity index (χ0v) is 7.84. The van der Waals surface area contributed by atoms with Crippen LogP contribution in [-0.2, 0) is 0 Å². The van der Waals surface area contributed by atoms with E-state index < -0.39 is 0 Å². The average molecular weight is 196 g/mol. The second kappa shape index (κ2) is 2.81. The highest BCUT2D eigenvalue weighted by atomic mass is 35.5. The van der Waals surface area contributed by atoms with Crippen molar-refractivity contribution in [1.29, 1.82) is 0 Å². The van der Waals surface area contributed by atoms with Crippen LogP contribution in [0.2, 0.25) is 5.15 Å². The Morgan fingerprint density at radius 3 is 3.00 bits per heavy atom. The van der Waals surface area contributed by atoms with Crippen LogP contribution in [0, 0.1) is 0 Å². The highest BCUT2D eigenvalue weighted by Gasteiger charge is 2.16. The van der Waals surface area contributed by atoms with E-state index in [9.17, 15) is 0 Å². The van der Waals surface area contributed by atoms with E-state index >= 15 is 0 Å². The minimum Gasteiger partial charge on any atom is -0.354 e. The number of nitrogens with one attached hydrogen (secondary N) is 1. The van der Waals surface area contributed by atoms with Crippen LogP contribution < -0.4 is 0 Å². The second-order valence-corrected chi connectivity index (χ2v) is 3.14. The molecule has 2 aromatic heterocycles. The maximum absolute atomic E-state index is 5.84. The number of rotatable bonds is 1. The Morgan fingerprint density at radius 1 is 1.54 bits per heavy atom. The summed E-state index contributed by atoms with van der Waals surface area (Å²) >= 11 is 5.84. The zero-order valence-electron chi connectivity index (χ0n) is 7.08. The molecular weight excluding hydrogens is 188 g/mol. The van der Waals surface area contributed by atoms with Crippen LogP contribution in [0.3, 0.4) is 0 Å². The quantitative estimate of drug-likeness (QED) is 0.555. The van der Waals surface area contributed by atoms with E-state index in [-0.39, 0.29) is 0 Å². The number of nitrogens with zero attached hydrogens (tertiary/aromatic N) is 3. The van der Waals surface area contributed by atoms with Gasteiger partial charge in [-0.1, -0.05) is 11.6 Å². The fraction of sp³-hybridized carbons (Fsp3) is 0.125. The first-order chi connectivity index (χ1) is 6.20. The fourth-order valence-electron chi connectivity index (χ4n) is 1.19. The Morgan fingerprint density at radius 2 is 2.31 bits per heavy atom. The van der Waals surface area contributed by atoms with Crippen molar-refractivity contribution in [3.05, 3.63) is 17.4 Å². The van der Waals surface area contributed by atoms with Crippen molar-refractivity contribution in [3.8, 4) is 0 Å². The van der Waals surface area contributed by atoms with Gasteiger partial charge in [0.2, 0.25) is 0 Å². The molecule has 0 saturated heterocycles. The topological polar surface area (TPSA) is 44.6 Å². The molecule has 2 heterocycles. The summed E-state index contributed by atoms with van der Waals surface area (Å²) in [5.41, 5.74) is 0.859. The standard InChI is InChI=1S/C8H8ClN4/c1-13(2)8-6-5(3-4-10-6)7(9)11-12-8/h3-4,10H,1H2,2H3/q+1. The molecule has 0 aliphatic carbocycles. The van der Waals surface area contributed by atoms with Crippen LogP contribution in [0.25, 0.3) is 10.9 Å². The van der Waals surface area contributed by atoms with E-state index in [0.717, 1.165) is 10.9 Å². The monoisotopic (exact) mass is 195 g/mol. The lowest BCUT2D eigenvalue weighted by Gasteiger charge is -1.93. The lowest BCUT2D eigenvalue weighted by atomic mass is 10.3. The predicted molar refractivity (Wildman–Crippen MR) is 51.9 cm³/mol. The highest BCUT2D eigenvalue weighted by Crippen LogP contribution is 2.24. The minimum atomic E-state index is 0.404. The summed E-state index contributed by atoms with van der Waals surface area (Å²) in [6, 6.07) is 1.86. The number of H-pyrrole nitrogens is 1. The first-order valence-corrected chi connectivity index (χ1v) is 4.11. The molecule has 1 N–H and O–H groups in total. The molecule has 66 valence electrons. The third-order valence-corrected chi connectivity index (χ3v) is 2.07. The largest absolute Gasteiger partial charge is 0.374 e. The van der Waals surface area contributed by atoms with Crippen LogP contribution >= 0.6 is 11.6 Å². The highest BCUT2D eigenvalue weighted by molar-refractivity contribution is 6.34. The third kappa shape index (κ3) is 1.19. The molecule has 0 atom stereocenters. The van der Waals surface area contributed by atoms with E-state index in [1.54, 1.807) is 17.8 Å². The van der Waals surface area contributed by atoms with E-state index in [1.165, 1.54) is 0 Å². The molecule has 2 rings (SSSR count). The van der Waals surface area contributed by atoms with Crippen molar-refractivity contribution < 1.29 is 4.58 Å². The summed E-state index contributed by atoms with van der Waals surface area (Å²) in [4.78, 5) is 3.04. The van der Waals surface area contributed by atoms with Gasteiger partial charge in [-0.05, 0) is 11.2 Å². The van der Waals surface area contributed by atoms with E-state index in [2.05, 4.69) is 21.9 Å². The van der Waals surface area contributed by atoms with Gasteiger partial charge in [-0.25, -0.2) is 4.58 Å². The van der Waals surface area contributed by atoms with Crippen LogP contribution in [0.5, 0.6) is 0 Å². The number of fused-ring (bicyclic) bond motifs is 1. The van der Waals surface area contributed by atoms with E-state index in [4.69, 9.17) is 11.6 Å². The SMILES string of the molecule is C=[N+](C)c1nnc(Cl)c2cc[nH]c12. The third-order valence-electron chi connectivity index (χ3n) is 1.79. The molecule has 0 aliphatic heterocycles. The maximum atomic E-state index is 5.84. The van der Waals surface area contributed by atoms with Crippen LogP contribution in [0.1, 0.15) is 0 Å². The second-order valence-electron chi connectivity index (χ2n) is 2.78. The molecule has 13 heavy (non-hydrogen) atoms. The summed E-state index contributed by atoms with van der Waals surface area (Å²) < 4.78 is 1.64. The molecular formula is C8H8ClN4+. The predicted octanol–water partition coefficient (Wildman–Crippen LogP) is 1.59. The molecule has 0 spiro atoms. The van der Waals surface area contributed by atoms with Crippen LogP contribution in [0.15, 0.2) is 12.3 Å². The van der Waals surface area contributed by atoms with Crippen molar-refractivity contribution >= 4 is 35.0 Å². The van der Waals surface area contributed by atoms with Gasteiger partial charge >= 0.3 is 5.82 Å². The van der Waals surface area contributed by atoms with Gasteiger partial charge in [-0.3, -0.25) is 0 Å². The molecule has 0 aliphatic rings. The lowest BCUT2D eigenvalue weighted by molar-refractivity contribution is -0.398. The van der Waals surface area contributed by atoms with Crippen LogP contribution in [0.4, 0.5) is 5.82 Å². The first-order valence-electron chi connectivity index (χ1n) is 3.73. The van der Waals surface area contributed by atoms with Gasteiger partial charge in [0.25, 0.3) is 0 Å². The summed E-state index contributed by atoms with van der Waals surface area (Å²) in [6.45, 7) is 3.74. The molecule has 0 unspecified atom stereocenters. The Hall–Kier alpha value is -1.42. The summed E-state index contributed by atoms with van der Waals surface area (Å²) in [5, 5.41) is 9.01. The van der Waals surface area contributed by atoms with Crippen molar-refractivity contribution in [2.24, 2.45) is 0 Å². The van der Waals surface area contributed by atoms with Crippen LogP contribution in [-0.4, -0.2) is 33.5 Å². The Kier molecular flexibility index (Phi) is 1.77. The van der Waals surface area contributed by atoms with Crippen molar-refractivity contribution in [3.63, 3.8) is 0 Å². The summed E-state index contributed by atoms with van der Waals surface area (Å²) in [6.07, 6.45) is 1.80.